The third-order valence-electron chi connectivity index (χ3n) is 3.60. The topological polar surface area (TPSA) is 58.9 Å². The van der Waals surface area contributed by atoms with Gasteiger partial charge in [-0.05, 0) is 38.8 Å². The Bertz CT molecular complexity index is 591. The number of fused-ring (bicyclic) bond motifs is 1. The monoisotopic (exact) mass is 304 g/mol. The fourth-order valence-electron chi connectivity index (χ4n) is 2.40. The van der Waals surface area contributed by atoms with E-state index in [-0.39, 0.29) is 13.2 Å². The molecule has 2 unspecified atom stereocenters. The average molecular weight is 304 g/mol. The summed E-state index contributed by atoms with van der Waals surface area (Å²) in [6.45, 7) is 7.86. The lowest BCUT2D eigenvalue weighted by Crippen LogP contribution is -2.15. The van der Waals surface area contributed by atoms with Crippen molar-refractivity contribution in [3.63, 3.8) is 0 Å². The van der Waals surface area contributed by atoms with Gasteiger partial charge < -0.3 is 19.7 Å². The van der Waals surface area contributed by atoms with E-state index in [1.807, 2.05) is 38.1 Å². The summed E-state index contributed by atoms with van der Waals surface area (Å²) in [7, 11) is 0. The molecule has 120 valence electrons. The number of hydrogen-bond acceptors (Lipinski definition) is 4. The van der Waals surface area contributed by atoms with Crippen molar-refractivity contribution in [1.29, 1.82) is 0 Å². The van der Waals surface area contributed by atoms with Crippen LogP contribution in [0.2, 0.25) is 0 Å². The molecule has 0 spiro atoms. The number of aliphatic hydroxyl groups is 2. The second-order valence-electron chi connectivity index (χ2n) is 5.77. The van der Waals surface area contributed by atoms with Gasteiger partial charge in [0.25, 0.3) is 0 Å². The Balaban J connectivity index is 2.54. The molecule has 4 nitrogen and oxygen atoms in total. The summed E-state index contributed by atoms with van der Waals surface area (Å²) in [4.78, 5) is 0. The summed E-state index contributed by atoms with van der Waals surface area (Å²) in [6, 6.07) is 7.86. The van der Waals surface area contributed by atoms with Gasteiger partial charge >= 0.3 is 0 Å². The molecule has 0 bridgehead atoms. The first-order chi connectivity index (χ1) is 10.4. The molecule has 2 aromatic carbocycles. The second kappa shape index (κ2) is 6.99. The highest BCUT2D eigenvalue weighted by molar-refractivity contribution is 5.95. The van der Waals surface area contributed by atoms with Gasteiger partial charge in [0.05, 0.1) is 12.2 Å². The van der Waals surface area contributed by atoms with E-state index in [0.717, 1.165) is 33.4 Å². The van der Waals surface area contributed by atoms with E-state index in [9.17, 15) is 10.2 Å². The Kier molecular flexibility index (Phi) is 5.27. The predicted molar refractivity (Wildman–Crippen MR) is 87.8 cm³/mol. The molecular weight excluding hydrogens is 280 g/mol. The molecule has 0 aliphatic heterocycles. The highest BCUT2D eigenvalue weighted by Crippen LogP contribution is 2.40. The Morgan fingerprint density at radius 2 is 1.18 bits per heavy atom. The van der Waals surface area contributed by atoms with Crippen LogP contribution in [-0.2, 0) is 0 Å². The summed E-state index contributed by atoms with van der Waals surface area (Å²) in [5, 5.41) is 20.8. The summed E-state index contributed by atoms with van der Waals surface area (Å²) < 4.78 is 11.6. The van der Waals surface area contributed by atoms with Crippen LogP contribution in [0.1, 0.15) is 25.0 Å². The van der Waals surface area contributed by atoms with E-state index in [1.165, 1.54) is 0 Å². The van der Waals surface area contributed by atoms with E-state index in [4.69, 9.17) is 9.47 Å². The third-order valence-corrected chi connectivity index (χ3v) is 3.60. The first-order valence-electron chi connectivity index (χ1n) is 7.55. The van der Waals surface area contributed by atoms with Crippen LogP contribution in [0.3, 0.4) is 0 Å². The van der Waals surface area contributed by atoms with E-state index in [0.29, 0.717) is 0 Å². The Morgan fingerprint density at radius 3 is 1.50 bits per heavy atom. The number of ether oxygens (including phenoxy) is 2. The molecule has 0 aliphatic carbocycles. The molecule has 0 fully saturated rings. The Labute approximate surface area is 131 Å². The minimum Gasteiger partial charge on any atom is -0.490 e. The molecule has 0 amide bonds. The largest absolute Gasteiger partial charge is 0.490 e. The first kappa shape index (κ1) is 16.6. The van der Waals surface area contributed by atoms with Crippen molar-refractivity contribution in [2.45, 2.75) is 39.9 Å². The minimum atomic E-state index is -0.523. The molecule has 0 aliphatic rings. The first-order valence-corrected chi connectivity index (χ1v) is 7.55. The minimum absolute atomic E-state index is 0.248. The van der Waals surface area contributed by atoms with E-state index in [1.54, 1.807) is 13.8 Å². The summed E-state index contributed by atoms with van der Waals surface area (Å²) in [6.07, 6.45) is -1.05. The fourth-order valence-corrected chi connectivity index (χ4v) is 2.40. The van der Waals surface area contributed by atoms with Crippen LogP contribution in [0.15, 0.2) is 24.3 Å². The molecular formula is C18H24O4. The highest BCUT2D eigenvalue weighted by atomic mass is 16.5. The van der Waals surface area contributed by atoms with Crippen molar-refractivity contribution in [2.24, 2.45) is 0 Å². The van der Waals surface area contributed by atoms with Crippen molar-refractivity contribution in [2.75, 3.05) is 13.2 Å². The van der Waals surface area contributed by atoms with Gasteiger partial charge in [-0.3, -0.25) is 0 Å². The zero-order valence-corrected chi connectivity index (χ0v) is 13.6. The number of rotatable bonds is 6. The summed E-state index contributed by atoms with van der Waals surface area (Å²) in [5.74, 6) is 1.55. The lowest BCUT2D eigenvalue weighted by atomic mass is 9.99. The van der Waals surface area contributed by atoms with Crippen LogP contribution in [0, 0.1) is 13.8 Å². The second-order valence-corrected chi connectivity index (χ2v) is 5.77. The van der Waals surface area contributed by atoms with Crippen LogP contribution in [0.4, 0.5) is 0 Å². The van der Waals surface area contributed by atoms with Crippen molar-refractivity contribution in [3.05, 3.63) is 35.4 Å². The lowest BCUT2D eigenvalue weighted by molar-refractivity contribution is 0.121. The highest BCUT2D eigenvalue weighted by Gasteiger charge is 2.17. The predicted octanol–water partition coefficient (Wildman–Crippen LogP) is 2.98. The van der Waals surface area contributed by atoms with Crippen LogP contribution >= 0.6 is 0 Å². The maximum Gasteiger partial charge on any atom is 0.130 e. The molecule has 0 heterocycles. The van der Waals surface area contributed by atoms with Gasteiger partial charge in [-0.1, -0.05) is 24.3 Å². The normalized spacial score (nSPS) is 13.9. The zero-order chi connectivity index (χ0) is 16.3. The van der Waals surface area contributed by atoms with Gasteiger partial charge in [0.15, 0.2) is 0 Å². The number of benzene rings is 2. The van der Waals surface area contributed by atoms with Gasteiger partial charge in [0, 0.05) is 10.8 Å². The molecule has 2 rings (SSSR count). The molecule has 2 aromatic rings. The van der Waals surface area contributed by atoms with Crippen molar-refractivity contribution in [3.8, 4) is 11.5 Å². The number of hydrogen-bond donors (Lipinski definition) is 2. The molecule has 2 N–H and O–H groups in total. The molecule has 4 heteroatoms. The average Bonchev–Trinajstić information content (AvgIpc) is 2.47. The molecule has 0 saturated heterocycles. The van der Waals surface area contributed by atoms with Gasteiger partial charge in [-0.15, -0.1) is 0 Å². The Morgan fingerprint density at radius 1 is 0.818 bits per heavy atom. The molecule has 0 aromatic heterocycles. The molecule has 2 atom stereocenters. The van der Waals surface area contributed by atoms with E-state index >= 15 is 0 Å². The standard InChI is InChI=1S/C18H24O4/c1-11(19)9-21-17-13(3)14(4)18(22-10-12(2)20)16-8-6-5-7-15(16)17/h5-8,11-12,19-20H,9-10H2,1-4H3. The van der Waals surface area contributed by atoms with Crippen LogP contribution in [-0.4, -0.2) is 35.6 Å². The maximum atomic E-state index is 9.47. The van der Waals surface area contributed by atoms with E-state index in [2.05, 4.69) is 0 Å². The fraction of sp³-hybridized carbons (Fsp3) is 0.444. The van der Waals surface area contributed by atoms with E-state index < -0.39 is 12.2 Å². The number of aliphatic hydroxyl groups excluding tert-OH is 2. The van der Waals surface area contributed by atoms with Crippen LogP contribution < -0.4 is 9.47 Å². The smallest absolute Gasteiger partial charge is 0.130 e. The van der Waals surface area contributed by atoms with Gasteiger partial charge in [-0.25, -0.2) is 0 Å². The molecule has 0 radical (unpaired) electrons. The van der Waals surface area contributed by atoms with Gasteiger partial charge in [0.2, 0.25) is 0 Å². The zero-order valence-electron chi connectivity index (χ0n) is 13.6. The molecule has 22 heavy (non-hydrogen) atoms. The lowest BCUT2D eigenvalue weighted by Gasteiger charge is -2.20. The third kappa shape index (κ3) is 3.51. The van der Waals surface area contributed by atoms with Crippen LogP contribution in [0.25, 0.3) is 10.8 Å². The quantitative estimate of drug-likeness (QED) is 0.861. The van der Waals surface area contributed by atoms with Gasteiger partial charge in [-0.2, -0.15) is 0 Å². The Hall–Kier alpha value is -1.78. The summed E-state index contributed by atoms with van der Waals surface area (Å²) >= 11 is 0. The van der Waals surface area contributed by atoms with Crippen molar-refractivity contribution < 1.29 is 19.7 Å². The van der Waals surface area contributed by atoms with Gasteiger partial charge in [0.1, 0.15) is 24.7 Å². The SMILES string of the molecule is Cc1c(C)c(OCC(C)O)c2ccccc2c1OCC(C)O. The van der Waals surface area contributed by atoms with Crippen LogP contribution in [0.5, 0.6) is 11.5 Å². The van der Waals surface area contributed by atoms with Crippen molar-refractivity contribution >= 4 is 10.8 Å². The van der Waals surface area contributed by atoms with Crippen molar-refractivity contribution in [1.82, 2.24) is 0 Å². The summed E-state index contributed by atoms with van der Waals surface area (Å²) in [5.41, 5.74) is 1.97. The maximum absolute atomic E-state index is 9.47. The molecule has 0 saturated carbocycles.